The first kappa shape index (κ1) is 11.0. The summed E-state index contributed by atoms with van der Waals surface area (Å²) in [5.41, 5.74) is 0. The van der Waals surface area contributed by atoms with Gasteiger partial charge in [-0.15, -0.1) is 0 Å². The number of hydrogen-bond donors (Lipinski definition) is 0. The van der Waals surface area contributed by atoms with Gasteiger partial charge in [-0.25, -0.2) is 0 Å². The monoisotopic (exact) mass is 185 g/mol. The first-order valence-corrected chi connectivity index (χ1v) is 5.48. The Morgan fingerprint density at radius 2 is 2.00 bits per heavy atom. The second kappa shape index (κ2) is 4.97. The van der Waals surface area contributed by atoms with Crippen LogP contribution in [-0.4, -0.2) is 36.2 Å². The average Bonchev–Trinajstić information content (AvgIpc) is 2.47. The van der Waals surface area contributed by atoms with Crippen LogP contribution in [0.15, 0.2) is 0 Å². The molecule has 0 bridgehead atoms. The molecule has 1 aliphatic heterocycles. The summed E-state index contributed by atoms with van der Waals surface area (Å²) in [5.74, 6) is 0. The minimum atomic E-state index is 0.370. The van der Waals surface area contributed by atoms with E-state index >= 15 is 0 Å². The Bertz CT molecular complexity index is 145. The second-order valence-corrected chi connectivity index (χ2v) is 4.51. The molecule has 1 saturated heterocycles. The normalized spacial score (nSPS) is 24.9. The highest BCUT2D eigenvalue weighted by molar-refractivity contribution is 4.81. The van der Waals surface area contributed by atoms with Crippen molar-refractivity contribution in [1.82, 2.24) is 4.90 Å². The van der Waals surface area contributed by atoms with Crippen molar-refractivity contribution in [3.05, 3.63) is 0 Å². The lowest BCUT2D eigenvalue weighted by molar-refractivity contribution is 0.0299. The lowest BCUT2D eigenvalue weighted by Crippen LogP contribution is -2.38. The highest BCUT2D eigenvalue weighted by Gasteiger charge is 2.26. The molecule has 0 radical (unpaired) electrons. The van der Waals surface area contributed by atoms with Gasteiger partial charge in [-0.2, -0.15) is 0 Å². The smallest absolute Gasteiger partial charge is 0.0625 e. The Kier molecular flexibility index (Phi) is 4.20. The zero-order chi connectivity index (χ0) is 9.84. The first-order chi connectivity index (χ1) is 6.11. The molecule has 0 amide bonds. The van der Waals surface area contributed by atoms with Gasteiger partial charge in [-0.3, -0.25) is 4.90 Å². The van der Waals surface area contributed by atoms with Crippen LogP contribution in [0.3, 0.4) is 0 Å². The largest absolute Gasteiger partial charge is 0.377 e. The molecule has 1 rings (SSSR count). The molecule has 2 heteroatoms. The Morgan fingerprint density at radius 3 is 2.54 bits per heavy atom. The van der Waals surface area contributed by atoms with E-state index < -0.39 is 0 Å². The van der Waals surface area contributed by atoms with Gasteiger partial charge in [-0.1, -0.05) is 0 Å². The molecule has 13 heavy (non-hydrogen) atoms. The molecule has 1 atom stereocenters. The molecule has 0 spiro atoms. The van der Waals surface area contributed by atoms with Gasteiger partial charge >= 0.3 is 0 Å². The summed E-state index contributed by atoms with van der Waals surface area (Å²) in [4.78, 5) is 2.56. The fraction of sp³-hybridized carbons (Fsp3) is 1.00. The van der Waals surface area contributed by atoms with Crippen molar-refractivity contribution in [2.75, 3.05) is 13.2 Å². The minimum absolute atomic E-state index is 0.370. The summed E-state index contributed by atoms with van der Waals surface area (Å²) in [5, 5.41) is 0. The van der Waals surface area contributed by atoms with Crippen LogP contribution in [0.2, 0.25) is 0 Å². The summed E-state index contributed by atoms with van der Waals surface area (Å²) in [6.45, 7) is 10.9. The van der Waals surface area contributed by atoms with Crippen molar-refractivity contribution in [2.45, 2.75) is 58.7 Å². The van der Waals surface area contributed by atoms with E-state index in [1.165, 1.54) is 19.4 Å². The van der Waals surface area contributed by atoms with Gasteiger partial charge < -0.3 is 4.74 Å². The van der Waals surface area contributed by atoms with Crippen LogP contribution < -0.4 is 0 Å². The first-order valence-electron chi connectivity index (χ1n) is 5.48. The van der Waals surface area contributed by atoms with E-state index in [2.05, 4.69) is 32.6 Å². The van der Waals surface area contributed by atoms with E-state index in [1.54, 1.807) is 0 Å². The van der Waals surface area contributed by atoms with Crippen LogP contribution in [0.25, 0.3) is 0 Å². The van der Waals surface area contributed by atoms with E-state index in [9.17, 15) is 0 Å². The molecule has 0 saturated carbocycles. The van der Waals surface area contributed by atoms with E-state index in [0.29, 0.717) is 18.2 Å². The standard InChI is InChI=1S/C11H23NO/c1-9(2)12-7-5-6-11(12)8-13-10(3)4/h9-11H,5-8H2,1-4H3/t11-/m0/s1. The van der Waals surface area contributed by atoms with Crippen molar-refractivity contribution in [3.63, 3.8) is 0 Å². The quantitative estimate of drug-likeness (QED) is 0.666. The number of rotatable bonds is 4. The predicted molar refractivity (Wildman–Crippen MR) is 56.0 cm³/mol. The third-order valence-corrected chi connectivity index (χ3v) is 2.71. The molecule has 1 aliphatic rings. The van der Waals surface area contributed by atoms with E-state index in [0.717, 1.165) is 6.61 Å². The molecular weight excluding hydrogens is 162 g/mol. The minimum Gasteiger partial charge on any atom is -0.377 e. The zero-order valence-corrected chi connectivity index (χ0v) is 9.42. The fourth-order valence-corrected chi connectivity index (χ4v) is 2.02. The van der Waals surface area contributed by atoms with Gasteiger partial charge in [0.15, 0.2) is 0 Å². The van der Waals surface area contributed by atoms with Gasteiger partial charge in [0.1, 0.15) is 0 Å². The molecule has 0 unspecified atom stereocenters. The fourth-order valence-electron chi connectivity index (χ4n) is 2.02. The molecule has 78 valence electrons. The predicted octanol–water partition coefficient (Wildman–Crippen LogP) is 2.28. The molecule has 0 aromatic carbocycles. The van der Waals surface area contributed by atoms with Crippen LogP contribution in [0, 0.1) is 0 Å². The van der Waals surface area contributed by atoms with E-state index in [1.807, 2.05) is 0 Å². The summed E-state index contributed by atoms with van der Waals surface area (Å²) >= 11 is 0. The summed E-state index contributed by atoms with van der Waals surface area (Å²) in [7, 11) is 0. The summed E-state index contributed by atoms with van der Waals surface area (Å²) in [6.07, 6.45) is 3.02. The van der Waals surface area contributed by atoms with Crippen molar-refractivity contribution in [2.24, 2.45) is 0 Å². The zero-order valence-electron chi connectivity index (χ0n) is 9.42. The van der Waals surface area contributed by atoms with Gasteiger partial charge in [0.2, 0.25) is 0 Å². The maximum absolute atomic E-state index is 5.66. The third-order valence-electron chi connectivity index (χ3n) is 2.71. The molecule has 0 aromatic heterocycles. The average molecular weight is 185 g/mol. The lowest BCUT2D eigenvalue weighted by atomic mass is 10.2. The van der Waals surface area contributed by atoms with Crippen LogP contribution in [0.1, 0.15) is 40.5 Å². The Balaban J connectivity index is 2.31. The number of ether oxygens (including phenoxy) is 1. The molecule has 0 N–H and O–H groups in total. The van der Waals surface area contributed by atoms with Crippen molar-refractivity contribution >= 4 is 0 Å². The summed E-state index contributed by atoms with van der Waals surface area (Å²) in [6, 6.07) is 1.34. The van der Waals surface area contributed by atoms with E-state index in [-0.39, 0.29) is 0 Å². The SMILES string of the molecule is CC(C)OC[C@@H]1CCCN1C(C)C. The van der Waals surface area contributed by atoms with Gasteiger partial charge in [0, 0.05) is 12.1 Å². The third kappa shape index (κ3) is 3.28. The van der Waals surface area contributed by atoms with E-state index in [4.69, 9.17) is 4.74 Å². The van der Waals surface area contributed by atoms with Crippen LogP contribution in [0.4, 0.5) is 0 Å². The van der Waals surface area contributed by atoms with Crippen LogP contribution in [0.5, 0.6) is 0 Å². The Labute approximate surface area is 82.3 Å². The number of likely N-dealkylation sites (tertiary alicyclic amines) is 1. The highest BCUT2D eigenvalue weighted by Crippen LogP contribution is 2.20. The molecule has 2 nitrogen and oxygen atoms in total. The van der Waals surface area contributed by atoms with Gasteiger partial charge in [0.25, 0.3) is 0 Å². The molecule has 0 aromatic rings. The number of nitrogens with zero attached hydrogens (tertiary/aromatic N) is 1. The second-order valence-electron chi connectivity index (χ2n) is 4.51. The van der Waals surface area contributed by atoms with Crippen molar-refractivity contribution < 1.29 is 4.74 Å². The maximum atomic E-state index is 5.66. The number of hydrogen-bond acceptors (Lipinski definition) is 2. The molecule has 1 heterocycles. The van der Waals surface area contributed by atoms with Crippen LogP contribution in [-0.2, 0) is 4.74 Å². The van der Waals surface area contributed by atoms with Gasteiger partial charge in [0.05, 0.1) is 12.7 Å². The van der Waals surface area contributed by atoms with Crippen LogP contribution >= 0.6 is 0 Å². The lowest BCUT2D eigenvalue weighted by Gasteiger charge is -2.28. The molecule has 1 fully saturated rings. The maximum Gasteiger partial charge on any atom is 0.0625 e. The molecular formula is C11H23NO. The topological polar surface area (TPSA) is 12.5 Å². The Morgan fingerprint density at radius 1 is 1.31 bits per heavy atom. The van der Waals surface area contributed by atoms with Crippen molar-refractivity contribution in [3.8, 4) is 0 Å². The van der Waals surface area contributed by atoms with Crippen molar-refractivity contribution in [1.29, 1.82) is 0 Å². The Hall–Kier alpha value is -0.0800. The van der Waals surface area contributed by atoms with Gasteiger partial charge in [-0.05, 0) is 47.1 Å². The summed E-state index contributed by atoms with van der Waals surface area (Å²) < 4.78 is 5.66. The highest BCUT2D eigenvalue weighted by atomic mass is 16.5. The molecule has 0 aliphatic carbocycles.